The van der Waals surface area contributed by atoms with E-state index >= 15 is 0 Å². The molecular weight excluding hydrogens is 1030 g/mol. The maximum absolute atomic E-state index is 13.1. The van der Waals surface area contributed by atoms with Crippen molar-refractivity contribution in [2.75, 3.05) is 13.2 Å². The Balaban J connectivity index is 2.15. The monoisotopic (exact) mass is 1170 g/mol. The first kappa shape index (κ1) is 78.9. The van der Waals surface area contributed by atoms with Gasteiger partial charge in [0.25, 0.3) is 0 Å². The van der Waals surface area contributed by atoms with Crippen molar-refractivity contribution in [1.29, 1.82) is 0 Å². The van der Waals surface area contributed by atoms with Gasteiger partial charge in [0.05, 0.1) is 25.4 Å². The van der Waals surface area contributed by atoms with E-state index in [0.717, 1.165) is 51.4 Å². The molecule has 0 spiro atoms. The standard InChI is InChI=1S/C74H137NO8/c1-3-5-7-9-11-13-15-17-19-21-23-25-27-29-31-32-33-34-35-36-38-39-41-43-45-47-49-51-53-55-57-59-61-63-68(77)67(66-82-74-73(81)72(80)71(79)69(65-76)83-74)75-70(78)64-62-60-58-56-54-52-50-48-46-44-42-40-37-30-28-26-24-22-20-18-16-14-12-10-8-6-4-2/h16,18,22,24,45,47,53,55,61,63,67-69,71-74,76-77,79-81H,3-15,17,19-21,23,25-44,46,48-52,54,56-60,62,64-66H2,1-2H3,(H,75,78)/b18-16-,24-22-,47-45+,55-53+,63-61+. The first-order valence-electron chi connectivity index (χ1n) is 36.0. The van der Waals surface area contributed by atoms with Crippen LogP contribution < -0.4 is 5.32 Å². The van der Waals surface area contributed by atoms with Crippen LogP contribution in [0.5, 0.6) is 0 Å². The zero-order valence-corrected chi connectivity index (χ0v) is 54.5. The number of aliphatic hydroxyl groups is 5. The average Bonchev–Trinajstić information content (AvgIpc) is 3.60. The topological polar surface area (TPSA) is 149 Å². The summed E-state index contributed by atoms with van der Waals surface area (Å²) < 4.78 is 11.3. The van der Waals surface area contributed by atoms with Gasteiger partial charge in [0.2, 0.25) is 5.91 Å². The molecule has 486 valence electrons. The fourth-order valence-corrected chi connectivity index (χ4v) is 11.4. The van der Waals surface area contributed by atoms with Gasteiger partial charge in [-0.3, -0.25) is 4.79 Å². The van der Waals surface area contributed by atoms with Crippen LogP contribution in [-0.2, 0) is 14.3 Å². The molecule has 7 atom stereocenters. The molecule has 1 aliphatic heterocycles. The number of ether oxygens (including phenoxy) is 2. The molecule has 1 heterocycles. The Morgan fingerprint density at radius 3 is 1.08 bits per heavy atom. The summed E-state index contributed by atoms with van der Waals surface area (Å²) in [5.41, 5.74) is 0. The molecule has 1 amide bonds. The van der Waals surface area contributed by atoms with Crippen LogP contribution in [0.25, 0.3) is 0 Å². The van der Waals surface area contributed by atoms with Gasteiger partial charge in [-0.25, -0.2) is 0 Å². The Kier molecular flexibility index (Phi) is 59.8. The van der Waals surface area contributed by atoms with Gasteiger partial charge < -0.3 is 40.3 Å². The van der Waals surface area contributed by atoms with Crippen LogP contribution in [0.1, 0.15) is 348 Å². The smallest absolute Gasteiger partial charge is 0.220 e. The van der Waals surface area contributed by atoms with E-state index in [-0.39, 0.29) is 12.5 Å². The zero-order valence-electron chi connectivity index (χ0n) is 54.5. The summed E-state index contributed by atoms with van der Waals surface area (Å²) in [5.74, 6) is -0.187. The highest BCUT2D eigenvalue weighted by Gasteiger charge is 2.44. The lowest BCUT2D eigenvalue weighted by atomic mass is 9.99. The number of nitrogens with one attached hydrogen (secondary N) is 1. The van der Waals surface area contributed by atoms with Crippen molar-refractivity contribution < 1.29 is 39.8 Å². The second kappa shape index (κ2) is 62.9. The molecule has 83 heavy (non-hydrogen) atoms. The van der Waals surface area contributed by atoms with Crippen LogP contribution in [0.15, 0.2) is 60.8 Å². The van der Waals surface area contributed by atoms with Crippen molar-refractivity contribution in [3.8, 4) is 0 Å². The second-order valence-corrected chi connectivity index (χ2v) is 25.0. The molecule has 0 aromatic heterocycles. The number of amides is 1. The molecule has 0 radical (unpaired) electrons. The molecule has 0 aliphatic carbocycles. The molecular formula is C74H137NO8. The van der Waals surface area contributed by atoms with Crippen LogP contribution in [-0.4, -0.2) is 87.5 Å². The van der Waals surface area contributed by atoms with Crippen molar-refractivity contribution in [3.05, 3.63) is 60.8 Å². The molecule has 6 N–H and O–H groups in total. The number of carbonyl (C=O) groups is 1. The minimum atomic E-state index is -1.58. The molecule has 0 saturated carbocycles. The van der Waals surface area contributed by atoms with Gasteiger partial charge in [0.15, 0.2) is 6.29 Å². The van der Waals surface area contributed by atoms with Crippen LogP contribution in [0.2, 0.25) is 0 Å². The van der Waals surface area contributed by atoms with Gasteiger partial charge in [-0.2, -0.15) is 0 Å². The van der Waals surface area contributed by atoms with Crippen LogP contribution in [0, 0.1) is 0 Å². The first-order chi connectivity index (χ1) is 40.8. The van der Waals surface area contributed by atoms with Crippen molar-refractivity contribution in [1.82, 2.24) is 5.32 Å². The van der Waals surface area contributed by atoms with E-state index in [2.05, 4.69) is 67.8 Å². The maximum Gasteiger partial charge on any atom is 0.220 e. The molecule has 0 bridgehead atoms. The van der Waals surface area contributed by atoms with E-state index < -0.39 is 49.5 Å². The van der Waals surface area contributed by atoms with E-state index in [4.69, 9.17) is 9.47 Å². The number of hydrogen-bond acceptors (Lipinski definition) is 8. The number of carbonyl (C=O) groups excluding carboxylic acids is 1. The summed E-state index contributed by atoms with van der Waals surface area (Å²) in [6.07, 6.45) is 80.6. The molecule has 1 rings (SSSR count). The lowest BCUT2D eigenvalue weighted by Crippen LogP contribution is -2.60. The fraction of sp³-hybridized carbons (Fsp3) is 0.851. The van der Waals surface area contributed by atoms with Crippen molar-refractivity contribution in [2.45, 2.75) is 391 Å². The predicted octanol–water partition coefficient (Wildman–Crippen LogP) is 19.8. The van der Waals surface area contributed by atoms with Crippen molar-refractivity contribution in [3.63, 3.8) is 0 Å². The molecule has 1 saturated heterocycles. The Morgan fingerprint density at radius 2 is 0.723 bits per heavy atom. The minimum absolute atomic E-state index is 0.187. The average molecular weight is 1170 g/mol. The maximum atomic E-state index is 13.1. The van der Waals surface area contributed by atoms with Gasteiger partial charge in [-0.15, -0.1) is 0 Å². The predicted molar refractivity (Wildman–Crippen MR) is 355 cm³/mol. The minimum Gasteiger partial charge on any atom is -0.394 e. The summed E-state index contributed by atoms with van der Waals surface area (Å²) >= 11 is 0. The third-order valence-electron chi connectivity index (χ3n) is 17.0. The molecule has 9 heteroatoms. The molecule has 1 fully saturated rings. The molecule has 7 unspecified atom stereocenters. The fourth-order valence-electron chi connectivity index (χ4n) is 11.4. The van der Waals surface area contributed by atoms with Crippen LogP contribution in [0.3, 0.4) is 0 Å². The third-order valence-corrected chi connectivity index (χ3v) is 17.0. The van der Waals surface area contributed by atoms with E-state index in [0.29, 0.717) is 6.42 Å². The number of hydrogen-bond donors (Lipinski definition) is 6. The van der Waals surface area contributed by atoms with Crippen LogP contribution in [0.4, 0.5) is 0 Å². The highest BCUT2D eigenvalue weighted by Crippen LogP contribution is 2.23. The zero-order chi connectivity index (χ0) is 60.0. The number of unbranched alkanes of at least 4 members (excludes halogenated alkanes) is 45. The highest BCUT2D eigenvalue weighted by molar-refractivity contribution is 5.76. The van der Waals surface area contributed by atoms with E-state index in [1.807, 2.05) is 6.08 Å². The first-order valence-corrected chi connectivity index (χ1v) is 36.0. The molecule has 9 nitrogen and oxygen atoms in total. The summed E-state index contributed by atoms with van der Waals surface area (Å²) in [4.78, 5) is 13.1. The largest absolute Gasteiger partial charge is 0.394 e. The van der Waals surface area contributed by atoms with Crippen molar-refractivity contribution in [2.24, 2.45) is 0 Å². The molecule has 0 aromatic carbocycles. The third kappa shape index (κ3) is 51.6. The normalized spacial score (nSPS) is 18.6. The van der Waals surface area contributed by atoms with Gasteiger partial charge >= 0.3 is 0 Å². The Labute approximate surface area is 513 Å². The summed E-state index contributed by atoms with van der Waals surface area (Å²) in [7, 11) is 0. The Bertz CT molecular complexity index is 1500. The SMILES string of the molecule is CCCCCCC/C=C\C/C=C\CCCCCCCCCCCCCCCCCC(=O)NC(COC1OC(CO)C(O)C(O)C1O)C(O)/C=C/CC/C=C/CC/C=C/CCCCCCCCCCCCCCCCCCCCCCCCC. The Morgan fingerprint density at radius 1 is 0.410 bits per heavy atom. The Hall–Kier alpha value is -2.11. The van der Waals surface area contributed by atoms with E-state index in [1.165, 1.54) is 276 Å². The van der Waals surface area contributed by atoms with Gasteiger partial charge in [0, 0.05) is 6.42 Å². The number of allylic oxidation sites excluding steroid dienone is 9. The lowest BCUT2D eigenvalue weighted by Gasteiger charge is -2.40. The van der Waals surface area contributed by atoms with Crippen LogP contribution >= 0.6 is 0 Å². The quantitative estimate of drug-likeness (QED) is 0.0261. The molecule has 1 aliphatic rings. The molecule has 0 aromatic rings. The summed E-state index contributed by atoms with van der Waals surface area (Å²) in [6.45, 7) is 3.79. The number of rotatable bonds is 63. The summed E-state index contributed by atoms with van der Waals surface area (Å²) in [6, 6.07) is -0.832. The summed E-state index contributed by atoms with van der Waals surface area (Å²) in [5, 5.41) is 54.7. The van der Waals surface area contributed by atoms with E-state index in [1.54, 1.807) is 6.08 Å². The van der Waals surface area contributed by atoms with E-state index in [9.17, 15) is 30.3 Å². The van der Waals surface area contributed by atoms with Crippen molar-refractivity contribution >= 4 is 5.91 Å². The second-order valence-electron chi connectivity index (χ2n) is 25.0. The lowest BCUT2D eigenvalue weighted by molar-refractivity contribution is -0.302. The van der Waals surface area contributed by atoms with Gasteiger partial charge in [-0.05, 0) is 77.0 Å². The van der Waals surface area contributed by atoms with Gasteiger partial charge in [0.1, 0.15) is 24.4 Å². The highest BCUT2D eigenvalue weighted by atomic mass is 16.7. The number of aliphatic hydroxyl groups excluding tert-OH is 5. The van der Waals surface area contributed by atoms with Gasteiger partial charge in [-0.1, -0.05) is 325 Å².